The Labute approximate surface area is 419 Å². The maximum Gasteiger partial charge on any atom is 2.00 e. The SMILES string of the molecule is CCOC(OCC)C(=O)CCP(=O)(OCC)OCC.CCOC(OCC)C(=O)CCP(=O)([O-])[O-].CCOC(OCC)C(O)CCP(=O)(OCC)OCC.O=CC(=O)CCP(=O)(O)O.[Ba+2]. The van der Waals surface area contributed by atoms with Gasteiger partial charge in [0.2, 0.25) is 12.6 Å². The van der Waals surface area contributed by atoms with E-state index in [0.717, 1.165) is 0 Å². The molecular weight excluding hydrogens is 1060 g/mol. The van der Waals surface area contributed by atoms with Gasteiger partial charge in [0, 0.05) is 58.9 Å². The molecule has 23 nitrogen and oxygen atoms in total. The van der Waals surface area contributed by atoms with Gasteiger partial charge in [-0.15, -0.1) is 0 Å². The second-order valence-electron chi connectivity index (χ2n) is 12.0. The van der Waals surface area contributed by atoms with Crippen LogP contribution in [0.5, 0.6) is 0 Å². The first-order valence-electron chi connectivity index (χ1n) is 20.6. The summed E-state index contributed by atoms with van der Waals surface area (Å²) in [6.45, 7) is 21.0. The zero-order valence-corrected chi connectivity index (χ0v) is 47.1. The first-order valence-corrected chi connectivity index (χ1v) is 27.6. The fourth-order valence-corrected chi connectivity index (χ4v) is 8.58. The molecule has 0 fully saturated rings. The quantitative estimate of drug-likeness (QED) is 0.0266. The molecule has 0 aromatic rings. The summed E-state index contributed by atoms with van der Waals surface area (Å²) in [5.41, 5.74) is 0. The van der Waals surface area contributed by atoms with Crippen molar-refractivity contribution in [1.29, 1.82) is 0 Å². The van der Waals surface area contributed by atoms with Crippen molar-refractivity contribution in [3.63, 3.8) is 0 Å². The number of aliphatic hydroxyl groups excluding tert-OH is 1. The molecule has 0 rings (SSSR count). The van der Waals surface area contributed by atoms with Crippen molar-refractivity contribution >= 4 is 103 Å². The summed E-state index contributed by atoms with van der Waals surface area (Å²) >= 11 is 0. The Kier molecular flexibility index (Phi) is 51.4. The zero-order chi connectivity index (χ0) is 49.5. The van der Waals surface area contributed by atoms with E-state index in [0.29, 0.717) is 39.6 Å². The van der Waals surface area contributed by atoms with Gasteiger partial charge in [0.1, 0.15) is 6.10 Å². The average Bonchev–Trinajstić information content (AvgIpc) is 3.20. The van der Waals surface area contributed by atoms with E-state index in [4.69, 9.17) is 56.3 Å². The van der Waals surface area contributed by atoms with Crippen molar-refractivity contribution in [2.45, 2.75) is 120 Å². The molecule has 378 valence electrons. The molecule has 64 heavy (non-hydrogen) atoms. The van der Waals surface area contributed by atoms with Crippen LogP contribution >= 0.6 is 30.4 Å². The molecule has 0 aliphatic heterocycles. The Bertz CT molecular complexity index is 1340. The number of hydrogen-bond acceptors (Lipinski definition) is 21. The van der Waals surface area contributed by atoms with E-state index in [1.807, 2.05) is 13.8 Å². The number of aliphatic hydroxyl groups is 1. The predicted molar refractivity (Wildman–Crippen MR) is 233 cm³/mol. The normalized spacial score (nSPS) is 12.3. The Hall–Kier alpha value is 0.571. The van der Waals surface area contributed by atoms with Crippen LogP contribution in [0, 0.1) is 0 Å². The van der Waals surface area contributed by atoms with Crippen LogP contribution in [0.3, 0.4) is 0 Å². The van der Waals surface area contributed by atoms with E-state index >= 15 is 0 Å². The number of aldehydes is 1. The number of ether oxygens (including phenoxy) is 6. The van der Waals surface area contributed by atoms with Gasteiger partial charge in [0.05, 0.1) is 44.9 Å². The molecule has 0 saturated carbocycles. The summed E-state index contributed by atoms with van der Waals surface area (Å²) in [4.78, 5) is 80.0. The largest absolute Gasteiger partial charge is 2.00 e. The summed E-state index contributed by atoms with van der Waals surface area (Å²) in [5.74, 6) is -1.56. The van der Waals surface area contributed by atoms with Crippen LogP contribution in [0.1, 0.15) is 94.9 Å². The van der Waals surface area contributed by atoms with Gasteiger partial charge in [-0.25, -0.2) is 0 Å². The molecule has 0 saturated heterocycles. The molecule has 0 spiro atoms. The summed E-state index contributed by atoms with van der Waals surface area (Å²) in [7, 11) is -15.0. The van der Waals surface area contributed by atoms with E-state index < -0.39 is 79.2 Å². The van der Waals surface area contributed by atoms with Crippen LogP contribution in [-0.2, 0) is 84.0 Å². The van der Waals surface area contributed by atoms with Gasteiger partial charge in [0.25, 0.3) is 0 Å². The molecular formula is C36H74BaO23P4. The van der Waals surface area contributed by atoms with Crippen LogP contribution in [0.4, 0.5) is 0 Å². The van der Waals surface area contributed by atoms with Crippen molar-refractivity contribution in [2.24, 2.45) is 0 Å². The average molecular weight is 1140 g/mol. The fourth-order valence-electron chi connectivity index (χ4n) is 4.26. The van der Waals surface area contributed by atoms with Gasteiger partial charge in [-0.05, 0) is 81.8 Å². The van der Waals surface area contributed by atoms with Crippen LogP contribution < -0.4 is 9.79 Å². The number of carbonyl (C=O) groups excluding carboxylic acids is 4. The molecule has 0 aliphatic rings. The third-order valence-electron chi connectivity index (χ3n) is 6.82. The second kappa shape index (κ2) is 44.8. The second-order valence-corrected chi connectivity index (χ2v) is 19.8. The number of carbonyl (C=O) groups is 4. The van der Waals surface area contributed by atoms with Crippen molar-refractivity contribution < 1.29 is 109 Å². The van der Waals surface area contributed by atoms with Crippen LogP contribution in [0.25, 0.3) is 0 Å². The monoisotopic (exact) mass is 1140 g/mol. The molecule has 0 amide bonds. The third-order valence-corrected chi connectivity index (χ3v) is 12.6. The first-order chi connectivity index (χ1) is 29.4. The van der Waals surface area contributed by atoms with E-state index in [1.54, 1.807) is 55.4 Å². The molecule has 0 heterocycles. The van der Waals surface area contributed by atoms with Crippen molar-refractivity contribution in [2.75, 3.05) is 90.7 Å². The van der Waals surface area contributed by atoms with Crippen LogP contribution in [0.15, 0.2) is 0 Å². The number of hydrogen-bond donors (Lipinski definition) is 3. The molecule has 28 heteroatoms. The minimum Gasteiger partial charge on any atom is -0.811 e. The molecule has 0 aromatic carbocycles. The molecule has 0 radical (unpaired) electrons. The fraction of sp³-hybridized carbons (Fsp3) is 0.889. The molecule has 0 bridgehead atoms. The molecule has 1 unspecified atom stereocenters. The van der Waals surface area contributed by atoms with E-state index in [9.17, 15) is 52.3 Å². The number of ketones is 3. The maximum atomic E-state index is 12.2. The Balaban J connectivity index is -0.000000246. The van der Waals surface area contributed by atoms with Gasteiger partial charge >= 0.3 is 71.7 Å². The van der Waals surface area contributed by atoms with E-state index in [2.05, 4.69) is 0 Å². The maximum absolute atomic E-state index is 12.2. The van der Waals surface area contributed by atoms with Crippen LogP contribution in [0.2, 0.25) is 0 Å². The summed E-state index contributed by atoms with van der Waals surface area (Å²) in [6.07, 6.45) is -4.98. The zero-order valence-electron chi connectivity index (χ0n) is 39.1. The Morgan fingerprint density at radius 1 is 0.516 bits per heavy atom. The molecule has 1 atom stereocenters. The van der Waals surface area contributed by atoms with Crippen molar-refractivity contribution in [1.82, 2.24) is 0 Å². The van der Waals surface area contributed by atoms with E-state index in [1.165, 1.54) is 0 Å². The standard InChI is InChI=1S/C12H27O6P.C12H25O6P.C8H17O6P.C4H7O5P.Ba/c2*1-5-15-12(16-6-2)11(13)9-10-19(14,17-7-3)18-8-4;1-3-13-8(14-4-2)7(9)5-6-15(10,11)12;5-3-4(6)1-2-10(7,8)9;/h11-13H,5-10H2,1-4H3;12H,5-10H2,1-4H3;8H,3-6H2,1-2H3,(H2,10,11,12);3H,1-2H2,(H2,7,8,9);/q;;;;+2/p-2. The Morgan fingerprint density at radius 3 is 1.12 bits per heavy atom. The summed E-state index contributed by atoms with van der Waals surface area (Å²) in [5, 5.41) is 9.99. The van der Waals surface area contributed by atoms with Gasteiger partial charge in [-0.1, -0.05) is 7.60 Å². The van der Waals surface area contributed by atoms with Crippen molar-refractivity contribution in [3.05, 3.63) is 0 Å². The van der Waals surface area contributed by atoms with Gasteiger partial charge in [0.15, 0.2) is 29.9 Å². The summed E-state index contributed by atoms with van der Waals surface area (Å²) in [6, 6.07) is 0. The van der Waals surface area contributed by atoms with Gasteiger partial charge in [-0.2, -0.15) is 0 Å². The molecule has 0 aliphatic carbocycles. The van der Waals surface area contributed by atoms with Gasteiger partial charge < -0.3 is 75.8 Å². The smallest absolute Gasteiger partial charge is 0.811 e. The molecule has 0 aromatic heterocycles. The molecule has 3 N–H and O–H groups in total. The minimum atomic E-state index is -4.63. The van der Waals surface area contributed by atoms with Crippen LogP contribution in [-0.4, -0.2) is 203 Å². The summed E-state index contributed by atoms with van der Waals surface area (Å²) < 4.78 is 96.2. The minimum absolute atomic E-state index is 0. The van der Waals surface area contributed by atoms with Gasteiger partial charge in [-0.3, -0.25) is 32.9 Å². The first kappa shape index (κ1) is 73.5. The predicted octanol–water partition coefficient (Wildman–Crippen LogP) is 3.21. The van der Waals surface area contributed by atoms with E-state index in [-0.39, 0.29) is 125 Å². The topological polar surface area (TPSA) is 336 Å². The number of Topliss-reactive ketones (excluding diaryl/α,β-unsaturated/α-hetero) is 3. The number of rotatable bonds is 36. The Morgan fingerprint density at radius 2 is 0.844 bits per heavy atom. The van der Waals surface area contributed by atoms with Crippen molar-refractivity contribution in [3.8, 4) is 0 Å². The third kappa shape index (κ3) is 45.0.